The topological polar surface area (TPSA) is 49.6 Å². The fourth-order valence-electron chi connectivity index (χ4n) is 2.72. The highest BCUT2D eigenvalue weighted by molar-refractivity contribution is 5.79. The maximum absolute atomic E-state index is 12.4. The molecule has 1 atom stereocenters. The van der Waals surface area contributed by atoms with E-state index in [1.54, 1.807) is 0 Å². The van der Waals surface area contributed by atoms with Crippen LogP contribution in [0.2, 0.25) is 0 Å². The summed E-state index contributed by atoms with van der Waals surface area (Å²) in [6, 6.07) is 7.87. The summed E-state index contributed by atoms with van der Waals surface area (Å²) in [6.07, 6.45) is 1.49. The average Bonchev–Trinajstić information content (AvgIpc) is 2.50. The molecule has 1 fully saturated rings. The first-order valence-corrected chi connectivity index (χ1v) is 6.88. The van der Waals surface area contributed by atoms with E-state index >= 15 is 0 Å². The number of nitrogen functional groups attached to an aromatic ring is 1. The maximum atomic E-state index is 12.4. The highest BCUT2D eigenvalue weighted by Gasteiger charge is 2.23. The van der Waals surface area contributed by atoms with Crippen molar-refractivity contribution in [3.05, 3.63) is 29.8 Å². The third-order valence-electron chi connectivity index (χ3n) is 3.67. The molecule has 1 unspecified atom stereocenters. The van der Waals surface area contributed by atoms with Crippen LogP contribution in [-0.4, -0.2) is 48.4 Å². The number of likely N-dealkylation sites (N-methyl/N-ethyl adjacent to an activating group) is 1. The van der Waals surface area contributed by atoms with E-state index in [4.69, 9.17) is 5.73 Å². The van der Waals surface area contributed by atoms with Gasteiger partial charge in [0.25, 0.3) is 0 Å². The second-order valence-electron chi connectivity index (χ2n) is 5.47. The van der Waals surface area contributed by atoms with Crippen molar-refractivity contribution >= 4 is 11.6 Å². The van der Waals surface area contributed by atoms with E-state index in [0.29, 0.717) is 12.1 Å². The van der Waals surface area contributed by atoms with Gasteiger partial charge in [-0.3, -0.25) is 4.79 Å². The van der Waals surface area contributed by atoms with Crippen molar-refractivity contribution in [2.75, 3.05) is 32.4 Å². The van der Waals surface area contributed by atoms with E-state index in [0.717, 1.165) is 31.6 Å². The molecule has 19 heavy (non-hydrogen) atoms. The van der Waals surface area contributed by atoms with Crippen LogP contribution in [0.5, 0.6) is 0 Å². The molecule has 0 aliphatic carbocycles. The Morgan fingerprint density at radius 1 is 1.42 bits per heavy atom. The Morgan fingerprint density at radius 2 is 2.21 bits per heavy atom. The molecule has 1 aliphatic heterocycles. The molecule has 0 radical (unpaired) electrons. The van der Waals surface area contributed by atoms with Crippen LogP contribution in [0.1, 0.15) is 18.9 Å². The molecule has 0 aromatic heterocycles. The Balaban J connectivity index is 2.02. The van der Waals surface area contributed by atoms with Gasteiger partial charge in [-0.15, -0.1) is 0 Å². The third-order valence-corrected chi connectivity index (χ3v) is 3.67. The molecule has 1 heterocycles. The van der Waals surface area contributed by atoms with Crippen molar-refractivity contribution < 1.29 is 4.79 Å². The van der Waals surface area contributed by atoms with E-state index in [9.17, 15) is 4.79 Å². The number of nitrogens with two attached hydrogens (primary N) is 1. The lowest BCUT2D eigenvalue weighted by atomic mass is 10.1. The van der Waals surface area contributed by atoms with Gasteiger partial charge in [0.05, 0.1) is 6.42 Å². The zero-order chi connectivity index (χ0) is 13.8. The van der Waals surface area contributed by atoms with E-state index < -0.39 is 0 Å². The molecule has 1 amide bonds. The number of amides is 1. The predicted molar refractivity (Wildman–Crippen MR) is 77.8 cm³/mol. The van der Waals surface area contributed by atoms with Gasteiger partial charge in [0.2, 0.25) is 5.91 Å². The molecule has 1 aromatic carbocycles. The van der Waals surface area contributed by atoms with Gasteiger partial charge < -0.3 is 15.5 Å². The Labute approximate surface area is 115 Å². The summed E-state index contributed by atoms with van der Waals surface area (Å²) in [5.41, 5.74) is 7.46. The smallest absolute Gasteiger partial charge is 0.227 e. The van der Waals surface area contributed by atoms with Crippen LogP contribution >= 0.6 is 0 Å². The Hall–Kier alpha value is -1.55. The summed E-state index contributed by atoms with van der Waals surface area (Å²) in [7, 11) is 2.11. The van der Waals surface area contributed by atoms with E-state index in [2.05, 4.69) is 18.9 Å². The van der Waals surface area contributed by atoms with Gasteiger partial charge in [-0.1, -0.05) is 12.1 Å². The zero-order valence-corrected chi connectivity index (χ0v) is 11.8. The number of carbonyl (C=O) groups is 1. The van der Waals surface area contributed by atoms with Crippen LogP contribution in [0.25, 0.3) is 0 Å². The van der Waals surface area contributed by atoms with Crippen molar-refractivity contribution in [1.82, 2.24) is 9.80 Å². The van der Waals surface area contributed by atoms with Gasteiger partial charge in [-0.05, 0) is 44.6 Å². The lowest BCUT2D eigenvalue weighted by Gasteiger charge is -2.28. The Morgan fingerprint density at radius 3 is 2.95 bits per heavy atom. The fourth-order valence-corrected chi connectivity index (χ4v) is 2.72. The quantitative estimate of drug-likeness (QED) is 0.818. The molecular formula is C15H23N3O. The number of anilines is 1. The van der Waals surface area contributed by atoms with Gasteiger partial charge in [-0.2, -0.15) is 0 Å². The molecule has 1 aliphatic rings. The molecule has 0 spiro atoms. The lowest BCUT2D eigenvalue weighted by Crippen LogP contribution is -2.42. The molecular weight excluding hydrogens is 238 g/mol. The van der Waals surface area contributed by atoms with Crippen LogP contribution in [0.3, 0.4) is 0 Å². The van der Waals surface area contributed by atoms with E-state index in [-0.39, 0.29) is 11.9 Å². The molecule has 0 bridgehead atoms. The number of hydrogen-bond acceptors (Lipinski definition) is 3. The SMILES string of the molecule is CC1CN(C)CCCN1C(=O)Cc1cccc(N)c1. The van der Waals surface area contributed by atoms with Crippen LogP contribution in [0.4, 0.5) is 5.69 Å². The third kappa shape index (κ3) is 3.70. The van der Waals surface area contributed by atoms with Crippen LogP contribution in [0, 0.1) is 0 Å². The van der Waals surface area contributed by atoms with Gasteiger partial charge in [-0.25, -0.2) is 0 Å². The summed E-state index contributed by atoms with van der Waals surface area (Å²) in [6.45, 7) is 4.99. The maximum Gasteiger partial charge on any atom is 0.227 e. The summed E-state index contributed by atoms with van der Waals surface area (Å²) in [5, 5.41) is 0. The number of hydrogen-bond donors (Lipinski definition) is 1. The summed E-state index contributed by atoms with van der Waals surface area (Å²) in [5.74, 6) is 0.202. The summed E-state index contributed by atoms with van der Waals surface area (Å²) < 4.78 is 0. The predicted octanol–water partition coefficient (Wildman–Crippen LogP) is 1.36. The van der Waals surface area contributed by atoms with Crippen LogP contribution < -0.4 is 5.73 Å². The van der Waals surface area contributed by atoms with Crippen LogP contribution in [-0.2, 0) is 11.2 Å². The van der Waals surface area contributed by atoms with Gasteiger partial charge in [0.15, 0.2) is 0 Å². The number of rotatable bonds is 2. The number of nitrogens with zero attached hydrogens (tertiary/aromatic N) is 2. The molecule has 4 nitrogen and oxygen atoms in total. The van der Waals surface area contributed by atoms with Gasteiger partial charge in [0.1, 0.15) is 0 Å². The van der Waals surface area contributed by atoms with Gasteiger partial charge in [0, 0.05) is 24.8 Å². The van der Waals surface area contributed by atoms with Crippen molar-refractivity contribution in [2.45, 2.75) is 25.8 Å². The van der Waals surface area contributed by atoms with Crippen molar-refractivity contribution in [2.24, 2.45) is 0 Å². The van der Waals surface area contributed by atoms with E-state index in [1.165, 1.54) is 0 Å². The Bertz CT molecular complexity index is 447. The second-order valence-corrected chi connectivity index (χ2v) is 5.47. The first kappa shape index (κ1) is 13.9. The molecule has 4 heteroatoms. The van der Waals surface area contributed by atoms with Gasteiger partial charge >= 0.3 is 0 Å². The second kappa shape index (κ2) is 6.06. The van der Waals surface area contributed by atoms with Crippen molar-refractivity contribution in [3.63, 3.8) is 0 Å². The highest BCUT2D eigenvalue weighted by atomic mass is 16.2. The number of carbonyl (C=O) groups excluding carboxylic acids is 1. The largest absolute Gasteiger partial charge is 0.399 e. The Kier molecular flexibility index (Phi) is 4.43. The normalized spacial score (nSPS) is 21.2. The number of benzene rings is 1. The molecule has 104 valence electrons. The summed E-state index contributed by atoms with van der Waals surface area (Å²) >= 11 is 0. The molecule has 2 N–H and O–H groups in total. The lowest BCUT2D eigenvalue weighted by molar-refractivity contribution is -0.132. The molecule has 0 saturated carbocycles. The zero-order valence-electron chi connectivity index (χ0n) is 11.8. The first-order valence-electron chi connectivity index (χ1n) is 6.88. The highest BCUT2D eigenvalue weighted by Crippen LogP contribution is 2.13. The van der Waals surface area contributed by atoms with Crippen molar-refractivity contribution in [1.29, 1.82) is 0 Å². The van der Waals surface area contributed by atoms with Crippen molar-refractivity contribution in [3.8, 4) is 0 Å². The minimum Gasteiger partial charge on any atom is -0.399 e. The molecule has 1 aromatic rings. The fraction of sp³-hybridized carbons (Fsp3) is 0.533. The minimum atomic E-state index is 0.202. The molecule has 2 rings (SSSR count). The first-order chi connectivity index (χ1) is 9.06. The standard InChI is InChI=1S/C15H23N3O/c1-12-11-17(2)7-4-8-18(12)15(19)10-13-5-3-6-14(16)9-13/h3,5-6,9,12H,4,7-8,10-11,16H2,1-2H3. The minimum absolute atomic E-state index is 0.202. The average molecular weight is 261 g/mol. The molecule has 1 saturated heterocycles. The summed E-state index contributed by atoms with van der Waals surface area (Å²) in [4.78, 5) is 16.7. The van der Waals surface area contributed by atoms with Crippen LogP contribution in [0.15, 0.2) is 24.3 Å². The van der Waals surface area contributed by atoms with E-state index in [1.807, 2.05) is 29.2 Å². The monoisotopic (exact) mass is 261 g/mol.